The van der Waals surface area contributed by atoms with E-state index in [1.54, 1.807) is 0 Å². The van der Waals surface area contributed by atoms with Gasteiger partial charge < -0.3 is 5.26 Å². The van der Waals surface area contributed by atoms with E-state index < -0.39 is 59.2 Å². The van der Waals surface area contributed by atoms with Gasteiger partial charge in [-0.15, -0.1) is 0 Å². The maximum Gasteiger partial charge on any atom is 0.333 e. The van der Waals surface area contributed by atoms with Crippen molar-refractivity contribution in [2.24, 2.45) is 5.92 Å². The minimum Gasteiger partial charge on any atom is -0.691 e. The molecule has 22 heavy (non-hydrogen) atoms. The predicted molar refractivity (Wildman–Crippen MR) is 56.4 cm³/mol. The Kier molecular flexibility index (Phi) is 5.05. The van der Waals surface area contributed by atoms with E-state index in [9.17, 15) is 40.4 Å². The number of alkyl halides is 8. The summed E-state index contributed by atoms with van der Waals surface area (Å²) < 4.78 is 110. The molecule has 0 spiro atoms. The molecule has 0 aromatic heterocycles. The Morgan fingerprint density at radius 2 is 1.36 bits per heavy atom. The predicted octanol–water partition coefficient (Wildman–Crippen LogP) is 3.59. The normalized spacial score (nSPS) is 35.3. The second kappa shape index (κ2) is 5.64. The Morgan fingerprint density at radius 1 is 0.955 bits per heavy atom. The van der Waals surface area contributed by atoms with Gasteiger partial charge in [0.15, 0.2) is 4.75 Å². The van der Waals surface area contributed by atoms with Crippen LogP contribution in [-0.2, 0) is 9.37 Å². The lowest BCUT2D eigenvalue weighted by Crippen LogP contribution is -2.78. The highest BCUT2D eigenvalue weighted by molar-refractivity contribution is 7.96. The summed E-state index contributed by atoms with van der Waals surface area (Å²) in [5.41, 5.74) is 0. The Bertz CT molecular complexity index is 389. The largest absolute Gasteiger partial charge is 0.691 e. The molecule has 3 nitrogen and oxygen atoms in total. The average Bonchev–Trinajstić information content (AvgIpc) is 2.39. The molecule has 1 rings (SSSR count). The molecule has 0 radical (unpaired) electrons. The van der Waals surface area contributed by atoms with Crippen LogP contribution in [0.5, 0.6) is 0 Å². The van der Waals surface area contributed by atoms with Crippen LogP contribution in [0.25, 0.3) is 0 Å². The van der Waals surface area contributed by atoms with Crippen molar-refractivity contribution in [2.75, 3.05) is 0 Å². The van der Waals surface area contributed by atoms with Crippen molar-refractivity contribution in [3.63, 3.8) is 0 Å². The quantitative estimate of drug-likeness (QED) is 0.324. The fraction of sp³-hybridized carbons (Fsp3) is 1.00. The highest BCUT2D eigenvalue weighted by Crippen LogP contribution is 2.69. The van der Waals surface area contributed by atoms with E-state index in [2.05, 4.69) is 9.37 Å². The lowest BCUT2D eigenvalue weighted by atomic mass is 9.69. The summed E-state index contributed by atoms with van der Waals surface area (Å²) in [5, 5.41) is 12.2. The molecule has 0 unspecified atom stereocenters. The van der Waals surface area contributed by atoms with Gasteiger partial charge in [-0.3, -0.25) is 5.04 Å². The molecule has 0 aromatic rings. The Labute approximate surface area is 124 Å². The summed E-state index contributed by atoms with van der Waals surface area (Å²) in [6, 6.07) is 0. The number of hydrogen-bond acceptors (Lipinski definition) is 4. The van der Waals surface area contributed by atoms with Crippen LogP contribution in [0.15, 0.2) is 0 Å². The van der Waals surface area contributed by atoms with Crippen LogP contribution >= 0.6 is 12.0 Å². The molecule has 0 N–H and O–H groups in total. The molecule has 1 aliphatic rings. The summed E-state index contributed by atoms with van der Waals surface area (Å²) in [5.74, 6) is -25.7. The van der Waals surface area contributed by atoms with Crippen molar-refractivity contribution in [2.45, 2.75) is 55.1 Å². The number of rotatable bonds is 5. The van der Waals surface area contributed by atoms with E-state index in [0.717, 1.165) is 6.92 Å². The summed E-state index contributed by atoms with van der Waals surface area (Å²) in [6.45, 7) is 0.875. The molecule has 1 saturated carbocycles. The molecule has 1 aliphatic carbocycles. The molecule has 0 heterocycles. The number of halogens is 8. The maximum absolute atomic E-state index is 13.9. The third-order valence-corrected chi connectivity index (χ3v) is 4.69. The smallest absolute Gasteiger partial charge is 0.333 e. The molecule has 0 saturated heterocycles. The lowest BCUT2D eigenvalue weighted by Gasteiger charge is -2.54. The molecule has 0 bridgehead atoms. The first-order chi connectivity index (χ1) is 9.75. The third-order valence-electron chi connectivity index (χ3n) is 3.72. The van der Waals surface area contributed by atoms with Crippen LogP contribution in [0.2, 0.25) is 0 Å². The second-order valence-corrected chi connectivity index (χ2v) is 6.11. The first-order valence-corrected chi connectivity index (χ1v) is 6.65. The monoisotopic (exact) mass is 363 g/mol. The van der Waals surface area contributed by atoms with E-state index in [4.69, 9.17) is 0 Å². The Balaban J connectivity index is 3.55. The van der Waals surface area contributed by atoms with Crippen LogP contribution in [0, 0.1) is 5.92 Å². The molecule has 0 aromatic carbocycles. The van der Waals surface area contributed by atoms with Crippen molar-refractivity contribution in [1.82, 2.24) is 0 Å². The summed E-state index contributed by atoms with van der Waals surface area (Å²) >= 11 is -1.26. The zero-order valence-electron chi connectivity index (χ0n) is 11.1. The van der Waals surface area contributed by atoms with E-state index in [1.807, 2.05) is 0 Å². The van der Waals surface area contributed by atoms with Crippen molar-refractivity contribution >= 4 is 12.0 Å². The lowest BCUT2D eigenvalue weighted by molar-refractivity contribution is -0.777. The van der Waals surface area contributed by atoms with Gasteiger partial charge in [-0.2, -0.15) is 39.5 Å². The average molecular weight is 363 g/mol. The van der Waals surface area contributed by atoms with Crippen molar-refractivity contribution in [3.8, 4) is 0 Å². The first kappa shape index (κ1) is 19.7. The van der Waals surface area contributed by atoms with Crippen molar-refractivity contribution in [3.05, 3.63) is 0 Å². The van der Waals surface area contributed by atoms with Gasteiger partial charge >= 0.3 is 23.7 Å². The van der Waals surface area contributed by atoms with Gasteiger partial charge in [0.25, 0.3) is 0 Å². The van der Waals surface area contributed by atoms with Crippen molar-refractivity contribution < 1.29 is 49.8 Å². The molecule has 0 amide bonds. The maximum atomic E-state index is 13.9. The van der Waals surface area contributed by atoms with Gasteiger partial charge in [0.1, 0.15) is 0 Å². The third kappa shape index (κ3) is 2.21. The number of hydrogen-bond donors (Lipinski definition) is 0. The zero-order chi connectivity index (χ0) is 17.6. The Morgan fingerprint density at radius 3 is 1.68 bits per heavy atom. The SMILES string of the molecule is CCCC1C(F)(F)C(F)(F)C(C)(SOO[O-])C(F)(F)C1(F)F. The minimum atomic E-state index is -5.60. The van der Waals surface area contributed by atoms with Crippen LogP contribution in [0.4, 0.5) is 35.1 Å². The highest BCUT2D eigenvalue weighted by Gasteiger charge is 2.91. The van der Waals surface area contributed by atoms with Gasteiger partial charge in [-0.1, -0.05) is 13.3 Å². The fourth-order valence-electron chi connectivity index (χ4n) is 2.34. The summed E-state index contributed by atoms with van der Waals surface area (Å²) in [4.78, 5) is 0. The van der Waals surface area contributed by atoms with Gasteiger partial charge in [0.05, 0.1) is 18.0 Å². The topological polar surface area (TPSA) is 41.5 Å². The minimum absolute atomic E-state index is 0.235. The van der Waals surface area contributed by atoms with Crippen LogP contribution < -0.4 is 5.26 Å². The molecule has 132 valence electrons. The van der Waals surface area contributed by atoms with Gasteiger partial charge in [-0.05, 0) is 13.3 Å². The summed E-state index contributed by atoms with van der Waals surface area (Å²) in [7, 11) is 0. The highest BCUT2D eigenvalue weighted by atomic mass is 32.2. The van der Waals surface area contributed by atoms with E-state index in [-0.39, 0.29) is 6.92 Å². The Hall–Kier alpha value is -0.330. The van der Waals surface area contributed by atoms with E-state index in [1.165, 1.54) is 0 Å². The molecular formula is C10H11F8O3S-. The van der Waals surface area contributed by atoms with E-state index >= 15 is 0 Å². The van der Waals surface area contributed by atoms with Gasteiger partial charge in [0.2, 0.25) is 0 Å². The molecule has 1 fully saturated rings. The van der Waals surface area contributed by atoms with E-state index in [0.29, 0.717) is 0 Å². The first-order valence-electron chi connectivity index (χ1n) is 5.91. The van der Waals surface area contributed by atoms with Crippen LogP contribution in [0.3, 0.4) is 0 Å². The molecule has 0 atom stereocenters. The van der Waals surface area contributed by atoms with Gasteiger partial charge in [-0.25, -0.2) is 0 Å². The zero-order valence-corrected chi connectivity index (χ0v) is 12.0. The van der Waals surface area contributed by atoms with Crippen LogP contribution in [-0.4, -0.2) is 28.4 Å². The summed E-state index contributed by atoms with van der Waals surface area (Å²) in [6.07, 6.45) is -1.68. The van der Waals surface area contributed by atoms with Gasteiger partial charge in [0, 0.05) is 0 Å². The second-order valence-electron chi connectivity index (χ2n) is 4.99. The molecule has 0 aliphatic heterocycles. The molecular weight excluding hydrogens is 352 g/mol. The fourth-order valence-corrected chi connectivity index (χ4v) is 2.98. The standard InChI is InChI=1S/C10H12F8O3S/c1-3-4-5-7(11,12)9(15,16)6(2,22-21-20-19)10(17,18)8(5,13)14/h5,19H,3-4H2,1-2H3/p-1. The molecule has 12 heteroatoms. The van der Waals surface area contributed by atoms with Crippen LogP contribution in [0.1, 0.15) is 26.7 Å². The van der Waals surface area contributed by atoms with Crippen molar-refractivity contribution in [1.29, 1.82) is 0 Å².